The normalized spacial score (nSPS) is 11.1. The van der Waals surface area contributed by atoms with Gasteiger partial charge in [-0.3, -0.25) is 0 Å². The molecule has 0 saturated heterocycles. The topological polar surface area (TPSA) is 78.3 Å². The molecule has 0 bridgehead atoms. The number of rotatable bonds is 7. The van der Waals surface area contributed by atoms with Gasteiger partial charge < -0.3 is 4.57 Å². The molecule has 0 unspecified atom stereocenters. The van der Waals surface area contributed by atoms with Crippen molar-refractivity contribution in [3.63, 3.8) is 0 Å². The molecule has 0 aliphatic carbocycles. The van der Waals surface area contributed by atoms with Crippen molar-refractivity contribution in [2.24, 2.45) is 0 Å². The lowest BCUT2D eigenvalue weighted by atomic mass is 9.91. The molecule has 0 aliphatic rings. The number of aromatic nitrogens is 3. The maximum absolute atomic E-state index is 9.84. The van der Waals surface area contributed by atoms with E-state index in [-0.39, 0.29) is 0 Å². The Morgan fingerprint density at radius 2 is 0.900 bits per heavy atom. The number of nitrogens with zero attached hydrogens (tertiary/aromatic N) is 5. The Bertz CT molecular complexity index is 3180. The van der Waals surface area contributed by atoms with Crippen LogP contribution in [0.25, 0.3) is 94.8 Å². The van der Waals surface area contributed by atoms with Gasteiger partial charge in [-0.2, -0.15) is 10.5 Å². The third-order valence-electron chi connectivity index (χ3n) is 11.1. The SMILES string of the molecule is Cc1cccc(-c2ccc3c(c2)c2ccccc2n3-c2c(-c3ccc(C#N)cc3)cc(-c3nc(-c4ccccc4)cc(-c4ccccc4)n3)cc2-c2ccc(C#N)cc2)c1. The molecule has 0 radical (unpaired) electrons. The number of hydrogen-bond acceptors (Lipinski definition) is 4. The monoisotopic (exact) mass is 765 g/mol. The summed E-state index contributed by atoms with van der Waals surface area (Å²) in [5, 5.41) is 21.9. The van der Waals surface area contributed by atoms with Crippen LogP contribution < -0.4 is 0 Å². The van der Waals surface area contributed by atoms with Crippen LogP contribution in [0.2, 0.25) is 0 Å². The lowest BCUT2D eigenvalue weighted by Crippen LogP contribution is -2.03. The highest BCUT2D eigenvalue weighted by molar-refractivity contribution is 6.12. The maximum Gasteiger partial charge on any atom is 0.160 e. The number of hydrogen-bond donors (Lipinski definition) is 0. The van der Waals surface area contributed by atoms with Crippen LogP contribution in [-0.2, 0) is 0 Å². The van der Waals surface area contributed by atoms with Gasteiger partial charge in [-0.1, -0.05) is 139 Å². The molecule has 0 amide bonds. The zero-order valence-electron chi connectivity index (χ0n) is 32.7. The van der Waals surface area contributed by atoms with Gasteiger partial charge >= 0.3 is 0 Å². The molecule has 0 saturated carbocycles. The first-order valence-electron chi connectivity index (χ1n) is 19.8. The van der Waals surface area contributed by atoms with Gasteiger partial charge in [-0.15, -0.1) is 0 Å². The summed E-state index contributed by atoms with van der Waals surface area (Å²) in [6, 6.07) is 70.9. The van der Waals surface area contributed by atoms with Crippen LogP contribution in [0.1, 0.15) is 16.7 Å². The molecular formula is C55H35N5. The van der Waals surface area contributed by atoms with Gasteiger partial charge in [0.1, 0.15) is 0 Å². The maximum atomic E-state index is 9.84. The third-order valence-corrected chi connectivity index (χ3v) is 11.1. The summed E-state index contributed by atoms with van der Waals surface area (Å²) in [5.41, 5.74) is 16.0. The van der Waals surface area contributed by atoms with Crippen LogP contribution in [0, 0.1) is 29.6 Å². The summed E-state index contributed by atoms with van der Waals surface area (Å²) in [7, 11) is 0. The molecule has 0 spiro atoms. The lowest BCUT2D eigenvalue weighted by Gasteiger charge is -2.21. The molecule has 10 aromatic rings. The summed E-state index contributed by atoms with van der Waals surface area (Å²) in [5.74, 6) is 0.580. The van der Waals surface area contributed by atoms with Crippen molar-refractivity contribution < 1.29 is 0 Å². The quantitative estimate of drug-likeness (QED) is 0.162. The van der Waals surface area contributed by atoms with Crippen LogP contribution in [0.3, 0.4) is 0 Å². The average Bonchev–Trinajstić information content (AvgIpc) is 3.65. The first-order chi connectivity index (χ1) is 29.5. The van der Waals surface area contributed by atoms with Gasteiger partial charge in [0.2, 0.25) is 0 Å². The number of nitriles is 2. The second-order valence-corrected chi connectivity index (χ2v) is 14.9. The summed E-state index contributed by atoms with van der Waals surface area (Å²) < 4.78 is 2.37. The molecule has 10 rings (SSSR count). The molecule has 8 aromatic carbocycles. The van der Waals surface area contributed by atoms with Crippen molar-refractivity contribution in [3.8, 4) is 85.1 Å². The minimum atomic E-state index is 0.579. The van der Waals surface area contributed by atoms with Crippen LogP contribution in [-0.4, -0.2) is 14.5 Å². The average molecular weight is 766 g/mol. The van der Waals surface area contributed by atoms with Crippen LogP contribution in [0.5, 0.6) is 0 Å². The Balaban J connectivity index is 1.31. The van der Waals surface area contributed by atoms with E-state index in [1.165, 1.54) is 11.1 Å². The predicted octanol–water partition coefficient (Wildman–Crippen LogP) is 13.6. The highest BCUT2D eigenvalue weighted by Gasteiger charge is 2.23. The minimum Gasteiger partial charge on any atom is -0.308 e. The Morgan fingerprint density at radius 1 is 0.400 bits per heavy atom. The molecule has 280 valence electrons. The second-order valence-electron chi connectivity index (χ2n) is 14.9. The minimum absolute atomic E-state index is 0.579. The highest BCUT2D eigenvalue weighted by atomic mass is 15.0. The lowest BCUT2D eigenvalue weighted by molar-refractivity contribution is 1.17. The van der Waals surface area contributed by atoms with Crippen molar-refractivity contribution in [2.75, 3.05) is 0 Å². The second kappa shape index (κ2) is 15.2. The molecule has 2 aromatic heterocycles. The number of benzene rings is 8. The number of para-hydroxylation sites is 1. The number of aryl methyl sites for hydroxylation is 1. The van der Waals surface area contributed by atoms with E-state index in [0.29, 0.717) is 17.0 Å². The van der Waals surface area contributed by atoms with Crippen molar-refractivity contribution in [3.05, 3.63) is 211 Å². The van der Waals surface area contributed by atoms with Gasteiger partial charge in [0, 0.05) is 38.6 Å². The molecule has 5 heteroatoms. The standard InChI is InChI=1S/C55H35N5/c1-36-11-10-16-43(29-36)44-27-28-53-49(30-44)46-17-8-9-18-52(46)60(53)54-47(39-23-19-37(34-56)20-24-39)31-45(32-48(54)40-25-21-38(35-57)22-26-40)55-58-50(41-12-4-2-5-13-41)33-51(59-55)42-14-6-3-7-15-42/h2-33H,1H3. The first-order valence-corrected chi connectivity index (χ1v) is 19.8. The molecule has 5 nitrogen and oxygen atoms in total. The van der Waals surface area contributed by atoms with E-state index in [1.54, 1.807) is 0 Å². The summed E-state index contributed by atoms with van der Waals surface area (Å²) in [4.78, 5) is 10.5. The van der Waals surface area contributed by atoms with Crippen LogP contribution in [0.4, 0.5) is 0 Å². The van der Waals surface area contributed by atoms with E-state index in [0.717, 1.165) is 83.4 Å². The molecule has 0 aliphatic heterocycles. The fourth-order valence-corrected chi connectivity index (χ4v) is 8.20. The zero-order chi connectivity index (χ0) is 40.6. The molecule has 0 fully saturated rings. The van der Waals surface area contributed by atoms with Crippen molar-refractivity contribution in [1.82, 2.24) is 14.5 Å². The summed E-state index contributed by atoms with van der Waals surface area (Å²) in [6.45, 7) is 2.12. The highest BCUT2D eigenvalue weighted by Crippen LogP contribution is 2.44. The Morgan fingerprint density at radius 3 is 1.47 bits per heavy atom. The van der Waals surface area contributed by atoms with Gasteiger partial charge in [-0.25, -0.2) is 9.97 Å². The van der Waals surface area contributed by atoms with Crippen LogP contribution >= 0.6 is 0 Å². The summed E-state index contributed by atoms with van der Waals surface area (Å²) >= 11 is 0. The van der Waals surface area contributed by atoms with E-state index >= 15 is 0 Å². The van der Waals surface area contributed by atoms with E-state index in [2.05, 4.69) is 133 Å². The van der Waals surface area contributed by atoms with Gasteiger partial charge in [-0.05, 0) is 89.8 Å². The molecular weight excluding hydrogens is 731 g/mol. The summed E-state index contributed by atoms with van der Waals surface area (Å²) in [6.07, 6.45) is 0. The fourth-order valence-electron chi connectivity index (χ4n) is 8.20. The van der Waals surface area contributed by atoms with E-state index in [9.17, 15) is 10.5 Å². The van der Waals surface area contributed by atoms with E-state index in [4.69, 9.17) is 9.97 Å². The van der Waals surface area contributed by atoms with Crippen LogP contribution in [0.15, 0.2) is 194 Å². The molecule has 2 heterocycles. The Hall–Kier alpha value is -8.38. The number of fused-ring (bicyclic) bond motifs is 3. The first kappa shape index (κ1) is 36.0. The van der Waals surface area contributed by atoms with E-state index < -0.39 is 0 Å². The van der Waals surface area contributed by atoms with Gasteiger partial charge in [0.25, 0.3) is 0 Å². The largest absolute Gasteiger partial charge is 0.308 e. The Kier molecular flexibility index (Phi) is 9.10. The molecule has 0 atom stereocenters. The Labute approximate surface area is 348 Å². The van der Waals surface area contributed by atoms with Gasteiger partial charge in [0.05, 0.1) is 51.4 Å². The molecule has 60 heavy (non-hydrogen) atoms. The van der Waals surface area contributed by atoms with Crippen molar-refractivity contribution >= 4 is 21.8 Å². The smallest absolute Gasteiger partial charge is 0.160 e. The fraction of sp³-hybridized carbons (Fsp3) is 0.0182. The van der Waals surface area contributed by atoms with Crippen molar-refractivity contribution in [2.45, 2.75) is 6.92 Å². The third kappa shape index (κ3) is 6.57. The molecule has 0 N–H and O–H groups in total. The van der Waals surface area contributed by atoms with E-state index in [1.807, 2.05) is 84.9 Å². The van der Waals surface area contributed by atoms with Crippen molar-refractivity contribution in [1.29, 1.82) is 10.5 Å². The van der Waals surface area contributed by atoms with Gasteiger partial charge in [0.15, 0.2) is 5.82 Å². The predicted molar refractivity (Wildman–Crippen MR) is 243 cm³/mol. The zero-order valence-corrected chi connectivity index (χ0v) is 32.7.